The number of benzene rings is 3. The van der Waals surface area contributed by atoms with Crippen LogP contribution >= 0.6 is 11.6 Å². The van der Waals surface area contributed by atoms with Crippen molar-refractivity contribution in [3.63, 3.8) is 0 Å². The lowest BCUT2D eigenvalue weighted by atomic mass is 10.0. The number of para-hydroxylation sites is 1. The molecule has 2 amide bonds. The first kappa shape index (κ1) is 21.2. The quantitative estimate of drug-likeness (QED) is 0.372. The van der Waals surface area contributed by atoms with Gasteiger partial charge >= 0.3 is 6.03 Å². The fraction of sp³-hybridized carbons (Fsp3) is 0.148. The van der Waals surface area contributed by atoms with Crippen LogP contribution in [0.15, 0.2) is 91.1 Å². The highest BCUT2D eigenvalue weighted by Crippen LogP contribution is 2.37. The van der Waals surface area contributed by atoms with Crippen LogP contribution in [0.3, 0.4) is 0 Å². The first-order valence-electron chi connectivity index (χ1n) is 11.0. The lowest BCUT2D eigenvalue weighted by Crippen LogP contribution is -2.37. The second kappa shape index (κ2) is 9.04. The molecule has 0 aliphatic carbocycles. The van der Waals surface area contributed by atoms with Crippen molar-refractivity contribution in [1.29, 1.82) is 0 Å². The largest absolute Gasteiger partial charge is 0.494 e. The van der Waals surface area contributed by atoms with E-state index in [4.69, 9.17) is 16.3 Å². The number of fused-ring (bicyclic) bond motifs is 3. The summed E-state index contributed by atoms with van der Waals surface area (Å²) in [6.45, 7) is 3.03. The fourth-order valence-electron chi connectivity index (χ4n) is 4.36. The Balaban J connectivity index is 1.60. The van der Waals surface area contributed by atoms with Crippen molar-refractivity contribution >= 4 is 23.3 Å². The summed E-state index contributed by atoms with van der Waals surface area (Å²) in [6.07, 6.45) is 2.05. The van der Waals surface area contributed by atoms with Gasteiger partial charge in [-0.25, -0.2) is 4.79 Å². The predicted molar refractivity (Wildman–Crippen MR) is 131 cm³/mol. The van der Waals surface area contributed by atoms with Gasteiger partial charge in [-0.1, -0.05) is 48.0 Å². The number of rotatable bonds is 4. The number of anilines is 1. The molecule has 6 heteroatoms. The molecule has 0 spiro atoms. The number of ether oxygens (including phenoxy) is 1. The Morgan fingerprint density at radius 1 is 1.03 bits per heavy atom. The van der Waals surface area contributed by atoms with Gasteiger partial charge in [-0.15, -0.1) is 0 Å². The highest BCUT2D eigenvalue weighted by Gasteiger charge is 2.33. The smallest absolute Gasteiger partial charge is 0.322 e. The number of carbonyl (C=O) groups is 1. The molecule has 0 bridgehead atoms. The first-order chi connectivity index (χ1) is 16.1. The molecule has 0 saturated carbocycles. The van der Waals surface area contributed by atoms with E-state index in [0.29, 0.717) is 23.9 Å². The van der Waals surface area contributed by atoms with Crippen LogP contribution in [0.1, 0.15) is 29.8 Å². The Morgan fingerprint density at radius 3 is 2.64 bits per heavy atom. The number of halogens is 1. The van der Waals surface area contributed by atoms with Crippen LogP contribution in [0, 0.1) is 0 Å². The second-order valence-corrected chi connectivity index (χ2v) is 8.34. The molecule has 5 rings (SSSR count). The molecule has 0 radical (unpaired) electrons. The predicted octanol–water partition coefficient (Wildman–Crippen LogP) is 6.67. The van der Waals surface area contributed by atoms with Crippen LogP contribution in [-0.2, 0) is 6.54 Å². The molecule has 5 nitrogen and oxygen atoms in total. The summed E-state index contributed by atoms with van der Waals surface area (Å²) in [7, 11) is 0. The molecule has 0 fully saturated rings. The lowest BCUT2D eigenvalue weighted by Gasteiger charge is -2.31. The molecule has 1 aliphatic heterocycles. The third-order valence-electron chi connectivity index (χ3n) is 5.81. The maximum atomic E-state index is 13.7. The van der Waals surface area contributed by atoms with Gasteiger partial charge in [-0.3, -0.25) is 0 Å². The number of carbonyl (C=O) groups excluding carboxylic acids is 1. The van der Waals surface area contributed by atoms with Crippen LogP contribution in [0.25, 0.3) is 5.69 Å². The zero-order valence-corrected chi connectivity index (χ0v) is 19.0. The third-order valence-corrected chi connectivity index (χ3v) is 6.04. The Kier molecular flexibility index (Phi) is 5.80. The average Bonchev–Trinajstić information content (AvgIpc) is 3.24. The Hall–Kier alpha value is -3.70. The van der Waals surface area contributed by atoms with Gasteiger partial charge in [0.15, 0.2) is 0 Å². The minimum absolute atomic E-state index is 0.194. The molecule has 33 heavy (non-hydrogen) atoms. The number of urea groups is 1. The van der Waals surface area contributed by atoms with Crippen LogP contribution in [0.2, 0.25) is 5.02 Å². The molecule has 0 unspecified atom stereocenters. The van der Waals surface area contributed by atoms with Crippen molar-refractivity contribution in [2.75, 3.05) is 11.9 Å². The Morgan fingerprint density at radius 2 is 1.85 bits per heavy atom. The number of hydrogen-bond donors (Lipinski definition) is 1. The highest BCUT2D eigenvalue weighted by molar-refractivity contribution is 6.30. The summed E-state index contributed by atoms with van der Waals surface area (Å²) in [5.74, 6) is 0.809. The molecular formula is C27H24ClN3O2. The molecule has 1 atom stereocenters. The van der Waals surface area contributed by atoms with Gasteiger partial charge in [0.25, 0.3) is 0 Å². The maximum absolute atomic E-state index is 13.7. The van der Waals surface area contributed by atoms with Crippen molar-refractivity contribution in [3.05, 3.63) is 113 Å². The topological polar surface area (TPSA) is 46.5 Å². The van der Waals surface area contributed by atoms with Crippen LogP contribution in [0.5, 0.6) is 5.75 Å². The van der Waals surface area contributed by atoms with E-state index in [1.807, 2.05) is 72.6 Å². The number of hydrogen-bond acceptors (Lipinski definition) is 2. The minimum Gasteiger partial charge on any atom is -0.494 e. The van der Waals surface area contributed by atoms with Crippen LogP contribution in [0.4, 0.5) is 10.5 Å². The summed E-state index contributed by atoms with van der Waals surface area (Å²) in [6, 6.07) is 27.0. The number of nitrogens with zero attached hydrogens (tertiary/aromatic N) is 2. The van der Waals surface area contributed by atoms with Gasteiger partial charge in [-0.2, -0.15) is 0 Å². The third kappa shape index (κ3) is 4.20. The van der Waals surface area contributed by atoms with Gasteiger partial charge in [0, 0.05) is 22.6 Å². The Labute approximate surface area is 198 Å². The van der Waals surface area contributed by atoms with Crippen molar-refractivity contribution in [1.82, 2.24) is 9.47 Å². The zero-order chi connectivity index (χ0) is 22.8. The standard InChI is InChI=1S/C27H24ClN3O2/c1-2-33-23-14-12-19(13-15-23)26-25-11-6-16-30(25)24-10-4-3-7-20(24)18-31(26)27(32)29-22-9-5-8-21(28)17-22/h3-17,26H,2,18H2,1H3,(H,29,32)/t26-/m0/s1. The van der Waals surface area contributed by atoms with Gasteiger partial charge in [0.2, 0.25) is 0 Å². The molecule has 4 aromatic rings. The van der Waals surface area contributed by atoms with Gasteiger partial charge < -0.3 is 19.5 Å². The average molecular weight is 458 g/mol. The van der Waals surface area contributed by atoms with E-state index < -0.39 is 0 Å². The van der Waals surface area contributed by atoms with Gasteiger partial charge in [-0.05, 0) is 66.6 Å². The minimum atomic E-state index is -0.290. The normalized spacial score (nSPS) is 14.7. The number of nitrogens with one attached hydrogen (secondary N) is 1. The van der Waals surface area contributed by atoms with E-state index in [-0.39, 0.29) is 12.1 Å². The number of aromatic nitrogens is 1. The SMILES string of the molecule is CCOc1ccc([C@H]2c3cccn3-c3ccccc3CN2C(=O)Nc2cccc(Cl)c2)cc1. The van der Waals surface area contributed by atoms with Crippen LogP contribution in [-0.4, -0.2) is 22.1 Å². The summed E-state index contributed by atoms with van der Waals surface area (Å²) in [5, 5.41) is 3.61. The molecule has 1 N–H and O–H groups in total. The van der Waals surface area contributed by atoms with E-state index in [1.165, 1.54) is 0 Å². The van der Waals surface area contributed by atoms with Crippen molar-refractivity contribution < 1.29 is 9.53 Å². The van der Waals surface area contributed by atoms with Crippen LogP contribution < -0.4 is 10.1 Å². The molecule has 0 saturated heterocycles. The molecule has 2 heterocycles. The molecule has 1 aliphatic rings. The first-order valence-corrected chi connectivity index (χ1v) is 11.3. The van der Waals surface area contributed by atoms with E-state index in [9.17, 15) is 4.79 Å². The molecule has 1 aromatic heterocycles. The van der Waals surface area contributed by atoms with E-state index in [2.05, 4.69) is 28.1 Å². The fourth-order valence-corrected chi connectivity index (χ4v) is 4.55. The molecular weight excluding hydrogens is 434 g/mol. The summed E-state index contributed by atoms with van der Waals surface area (Å²) >= 11 is 6.14. The maximum Gasteiger partial charge on any atom is 0.322 e. The van der Waals surface area contributed by atoms with Gasteiger partial charge in [0.05, 0.1) is 24.9 Å². The van der Waals surface area contributed by atoms with Crippen molar-refractivity contribution in [2.45, 2.75) is 19.5 Å². The second-order valence-electron chi connectivity index (χ2n) is 7.90. The number of amides is 2. The van der Waals surface area contributed by atoms with Crippen molar-refractivity contribution in [3.8, 4) is 11.4 Å². The monoisotopic (exact) mass is 457 g/mol. The van der Waals surface area contributed by atoms with Gasteiger partial charge in [0.1, 0.15) is 5.75 Å². The van der Waals surface area contributed by atoms with E-state index in [1.54, 1.807) is 12.1 Å². The summed E-state index contributed by atoms with van der Waals surface area (Å²) in [4.78, 5) is 15.5. The zero-order valence-electron chi connectivity index (χ0n) is 18.2. The highest BCUT2D eigenvalue weighted by atomic mass is 35.5. The van der Waals surface area contributed by atoms with E-state index >= 15 is 0 Å². The molecule has 3 aromatic carbocycles. The van der Waals surface area contributed by atoms with E-state index in [0.717, 1.165) is 28.3 Å². The Bertz CT molecular complexity index is 1280. The summed E-state index contributed by atoms with van der Waals surface area (Å²) < 4.78 is 7.80. The van der Waals surface area contributed by atoms with Crippen molar-refractivity contribution in [2.24, 2.45) is 0 Å². The lowest BCUT2D eigenvalue weighted by molar-refractivity contribution is 0.194. The molecule has 166 valence electrons. The summed E-state index contributed by atoms with van der Waals surface area (Å²) in [5.41, 5.74) is 4.83.